The predicted octanol–water partition coefficient (Wildman–Crippen LogP) is 1.98. The molecule has 0 heterocycles. The third-order valence-electron chi connectivity index (χ3n) is 1.63. The maximum atomic E-state index is 13.0. The molecule has 14 heavy (non-hydrogen) atoms. The summed E-state index contributed by atoms with van der Waals surface area (Å²) in [6.07, 6.45) is 0. The van der Waals surface area contributed by atoms with Crippen molar-refractivity contribution in [3.8, 4) is 11.8 Å². The van der Waals surface area contributed by atoms with Crippen LogP contribution in [-0.4, -0.2) is 16.2 Å². The Morgan fingerprint density at radius 1 is 1.64 bits per heavy atom. The van der Waals surface area contributed by atoms with Crippen LogP contribution in [0.1, 0.15) is 15.9 Å². The molecule has 5 heteroatoms. The molecule has 0 spiro atoms. The third-order valence-corrected chi connectivity index (χ3v) is 2.14. The van der Waals surface area contributed by atoms with E-state index in [-0.39, 0.29) is 22.2 Å². The van der Waals surface area contributed by atoms with Gasteiger partial charge in [-0.3, -0.25) is 4.79 Å². The molecule has 0 amide bonds. The number of rotatable bonds is 2. The number of alkyl halides is 1. The molecule has 0 bridgehead atoms. The van der Waals surface area contributed by atoms with Crippen LogP contribution in [0.2, 0.25) is 0 Å². The molecule has 0 saturated heterocycles. The molecule has 1 aromatic carbocycles. The monoisotopic (exact) mass is 257 g/mol. The third kappa shape index (κ3) is 1.91. The molecule has 1 rings (SSSR count). The number of aromatic hydroxyl groups is 1. The first kappa shape index (κ1) is 10.7. The van der Waals surface area contributed by atoms with Gasteiger partial charge in [0.1, 0.15) is 17.6 Å². The lowest BCUT2D eigenvalue weighted by Gasteiger charge is -2.02. The van der Waals surface area contributed by atoms with Gasteiger partial charge in [0.05, 0.1) is 16.5 Å². The molecular weight excluding hydrogens is 253 g/mol. The lowest BCUT2D eigenvalue weighted by atomic mass is 10.1. The van der Waals surface area contributed by atoms with E-state index in [4.69, 9.17) is 5.26 Å². The van der Waals surface area contributed by atoms with Crippen molar-refractivity contribution in [2.24, 2.45) is 0 Å². The van der Waals surface area contributed by atoms with E-state index in [0.29, 0.717) is 0 Å². The second kappa shape index (κ2) is 4.20. The average Bonchev–Trinajstić information content (AvgIpc) is 2.19. The first-order valence-corrected chi connectivity index (χ1v) is 4.74. The van der Waals surface area contributed by atoms with Crippen molar-refractivity contribution in [3.63, 3.8) is 0 Å². The number of ketones is 1. The molecule has 0 saturated carbocycles. The minimum absolute atomic E-state index is 0.00804. The fraction of sp³-hybridized carbons (Fsp3) is 0.111. The van der Waals surface area contributed by atoms with Gasteiger partial charge in [-0.1, -0.05) is 15.9 Å². The molecule has 0 aromatic heterocycles. The summed E-state index contributed by atoms with van der Waals surface area (Å²) in [4.78, 5) is 11.1. The number of nitrogens with zero attached hydrogens (tertiary/aromatic N) is 1. The second-order valence-corrected chi connectivity index (χ2v) is 3.08. The highest BCUT2D eigenvalue weighted by Crippen LogP contribution is 2.22. The lowest BCUT2D eigenvalue weighted by Crippen LogP contribution is -2.02. The average molecular weight is 258 g/mol. The van der Waals surface area contributed by atoms with Crippen LogP contribution in [0.15, 0.2) is 12.1 Å². The Balaban J connectivity index is 3.30. The molecule has 0 aliphatic carbocycles. The molecule has 0 fully saturated rings. The fourth-order valence-electron chi connectivity index (χ4n) is 0.943. The molecule has 0 atom stereocenters. The Morgan fingerprint density at radius 3 is 2.79 bits per heavy atom. The van der Waals surface area contributed by atoms with Gasteiger partial charge in [0.15, 0.2) is 5.78 Å². The maximum absolute atomic E-state index is 13.0. The van der Waals surface area contributed by atoms with Crippen molar-refractivity contribution in [2.75, 3.05) is 5.33 Å². The van der Waals surface area contributed by atoms with Gasteiger partial charge < -0.3 is 5.11 Å². The first-order valence-electron chi connectivity index (χ1n) is 3.62. The molecule has 72 valence electrons. The Labute approximate surface area is 87.9 Å². The van der Waals surface area contributed by atoms with Crippen LogP contribution in [0, 0.1) is 17.1 Å². The molecule has 1 N–H and O–H groups in total. The van der Waals surface area contributed by atoms with Crippen LogP contribution < -0.4 is 0 Å². The Hall–Kier alpha value is -1.41. The number of hydrogen-bond donors (Lipinski definition) is 1. The zero-order valence-corrected chi connectivity index (χ0v) is 8.51. The van der Waals surface area contributed by atoms with Gasteiger partial charge in [-0.2, -0.15) is 5.26 Å². The molecule has 3 nitrogen and oxygen atoms in total. The molecule has 0 radical (unpaired) electrons. The van der Waals surface area contributed by atoms with Gasteiger partial charge in [0.25, 0.3) is 0 Å². The van der Waals surface area contributed by atoms with Crippen LogP contribution in [0.5, 0.6) is 5.75 Å². The summed E-state index contributed by atoms with van der Waals surface area (Å²) >= 11 is 2.90. The van der Waals surface area contributed by atoms with Crippen molar-refractivity contribution in [1.29, 1.82) is 5.26 Å². The van der Waals surface area contributed by atoms with Crippen LogP contribution in [0.3, 0.4) is 0 Å². The van der Waals surface area contributed by atoms with E-state index < -0.39 is 11.6 Å². The van der Waals surface area contributed by atoms with E-state index in [0.717, 1.165) is 12.1 Å². The van der Waals surface area contributed by atoms with Crippen molar-refractivity contribution < 1.29 is 14.3 Å². The number of Topliss-reactive ketones (excluding diaryl/α,β-unsaturated/α-hetero) is 1. The first-order chi connectivity index (χ1) is 6.60. The Morgan fingerprint density at radius 2 is 2.29 bits per heavy atom. The highest BCUT2D eigenvalue weighted by Gasteiger charge is 2.14. The second-order valence-electron chi connectivity index (χ2n) is 2.52. The fourth-order valence-corrected chi connectivity index (χ4v) is 1.24. The van der Waals surface area contributed by atoms with Crippen LogP contribution in [-0.2, 0) is 0 Å². The van der Waals surface area contributed by atoms with Crippen molar-refractivity contribution in [2.45, 2.75) is 0 Å². The summed E-state index contributed by atoms with van der Waals surface area (Å²) < 4.78 is 13.0. The van der Waals surface area contributed by atoms with Gasteiger partial charge in [0.2, 0.25) is 0 Å². The van der Waals surface area contributed by atoms with E-state index in [9.17, 15) is 14.3 Å². The molecule has 0 aliphatic heterocycles. The van der Waals surface area contributed by atoms with Crippen LogP contribution >= 0.6 is 15.9 Å². The summed E-state index contributed by atoms with van der Waals surface area (Å²) in [5, 5.41) is 17.7. The van der Waals surface area contributed by atoms with Crippen LogP contribution in [0.4, 0.5) is 4.39 Å². The SMILES string of the molecule is N#Cc1cc(O)c(C(=O)CBr)cc1F. The normalized spacial score (nSPS) is 9.50. The van der Waals surface area contributed by atoms with E-state index in [1.807, 2.05) is 0 Å². The summed E-state index contributed by atoms with van der Waals surface area (Å²) in [6, 6.07) is 3.36. The van der Waals surface area contributed by atoms with Gasteiger partial charge >= 0.3 is 0 Å². The maximum Gasteiger partial charge on any atom is 0.177 e. The lowest BCUT2D eigenvalue weighted by molar-refractivity contribution is 0.102. The van der Waals surface area contributed by atoms with E-state index in [2.05, 4.69) is 15.9 Å². The van der Waals surface area contributed by atoms with E-state index >= 15 is 0 Å². The van der Waals surface area contributed by atoms with E-state index in [1.54, 1.807) is 6.07 Å². The number of phenols is 1. The molecule has 1 aromatic rings. The zero-order valence-electron chi connectivity index (χ0n) is 6.92. The standard InChI is InChI=1S/C9H5BrFNO2/c10-3-9(14)6-2-7(11)5(4-12)1-8(6)13/h1-2,13H,3H2. The zero-order chi connectivity index (χ0) is 10.7. The molecule has 0 aliphatic rings. The number of carbonyl (C=O) groups excluding carboxylic acids is 1. The van der Waals surface area contributed by atoms with E-state index in [1.165, 1.54) is 0 Å². The minimum Gasteiger partial charge on any atom is -0.507 e. The van der Waals surface area contributed by atoms with Crippen molar-refractivity contribution in [1.82, 2.24) is 0 Å². The summed E-state index contributed by atoms with van der Waals surface area (Å²) in [6.45, 7) is 0. The molecule has 0 unspecified atom stereocenters. The van der Waals surface area contributed by atoms with Gasteiger partial charge in [-0.25, -0.2) is 4.39 Å². The number of halogens is 2. The topological polar surface area (TPSA) is 61.1 Å². The number of phenolic OH excluding ortho intramolecular Hbond substituents is 1. The smallest absolute Gasteiger partial charge is 0.177 e. The number of carbonyl (C=O) groups is 1. The summed E-state index contributed by atoms with van der Waals surface area (Å²) in [5.74, 6) is -1.63. The van der Waals surface area contributed by atoms with Crippen LogP contribution in [0.25, 0.3) is 0 Å². The molecular formula is C9H5BrFNO2. The van der Waals surface area contributed by atoms with Gasteiger partial charge in [-0.05, 0) is 6.07 Å². The quantitative estimate of drug-likeness (QED) is 0.651. The van der Waals surface area contributed by atoms with Gasteiger partial charge in [-0.15, -0.1) is 0 Å². The number of hydrogen-bond acceptors (Lipinski definition) is 3. The Bertz CT molecular complexity index is 426. The summed E-state index contributed by atoms with van der Waals surface area (Å²) in [5.41, 5.74) is -0.410. The number of benzene rings is 1. The number of nitriles is 1. The largest absolute Gasteiger partial charge is 0.507 e. The highest BCUT2D eigenvalue weighted by atomic mass is 79.9. The van der Waals surface area contributed by atoms with Crippen molar-refractivity contribution >= 4 is 21.7 Å². The highest BCUT2D eigenvalue weighted by molar-refractivity contribution is 9.09. The predicted molar refractivity (Wildman–Crippen MR) is 50.9 cm³/mol. The van der Waals surface area contributed by atoms with Gasteiger partial charge in [0, 0.05) is 6.07 Å². The van der Waals surface area contributed by atoms with Crippen molar-refractivity contribution in [3.05, 3.63) is 29.1 Å². The summed E-state index contributed by atoms with van der Waals surface area (Å²) in [7, 11) is 0. The Kier molecular flexibility index (Phi) is 3.20. The minimum atomic E-state index is -0.811.